The fourth-order valence-corrected chi connectivity index (χ4v) is 3.08. The number of esters is 1. The molecule has 116 valence electrons. The molecule has 2 aliphatic heterocycles. The summed E-state index contributed by atoms with van der Waals surface area (Å²) in [6.07, 6.45) is 4.49. The summed E-state index contributed by atoms with van der Waals surface area (Å²) in [4.78, 5) is 25.4. The highest BCUT2D eigenvalue weighted by molar-refractivity contribution is 5.85. The summed E-state index contributed by atoms with van der Waals surface area (Å²) < 4.78 is 10.8. The van der Waals surface area contributed by atoms with Crippen LogP contribution in [-0.2, 0) is 20.9 Å². The minimum absolute atomic E-state index is 0.168. The van der Waals surface area contributed by atoms with Crippen molar-refractivity contribution in [2.45, 2.75) is 38.0 Å². The van der Waals surface area contributed by atoms with E-state index in [4.69, 9.17) is 9.47 Å². The molecule has 0 spiro atoms. The SMILES string of the molecule is C[C@]1([C@H]2CCCN2C(=O)OCc2ccccc2)C=CC(=O)O1. The Balaban J connectivity index is 1.64. The second-order valence-corrected chi connectivity index (χ2v) is 5.83. The van der Waals surface area contributed by atoms with Gasteiger partial charge in [0.05, 0.1) is 6.04 Å². The maximum Gasteiger partial charge on any atom is 0.410 e. The minimum Gasteiger partial charge on any atom is -0.450 e. The van der Waals surface area contributed by atoms with Gasteiger partial charge < -0.3 is 14.4 Å². The second kappa shape index (κ2) is 5.83. The highest BCUT2D eigenvalue weighted by atomic mass is 16.6. The van der Waals surface area contributed by atoms with Crippen LogP contribution in [0.15, 0.2) is 42.5 Å². The molecular weight excluding hydrogens is 282 g/mol. The van der Waals surface area contributed by atoms with E-state index in [2.05, 4.69) is 0 Å². The van der Waals surface area contributed by atoms with Crippen LogP contribution < -0.4 is 0 Å². The largest absolute Gasteiger partial charge is 0.450 e. The van der Waals surface area contributed by atoms with Gasteiger partial charge in [-0.3, -0.25) is 0 Å². The van der Waals surface area contributed by atoms with E-state index in [1.165, 1.54) is 6.08 Å². The predicted molar refractivity (Wildman–Crippen MR) is 80.0 cm³/mol. The van der Waals surface area contributed by atoms with E-state index in [1.807, 2.05) is 37.3 Å². The van der Waals surface area contributed by atoms with Crippen molar-refractivity contribution in [2.75, 3.05) is 6.54 Å². The van der Waals surface area contributed by atoms with E-state index in [-0.39, 0.29) is 24.7 Å². The van der Waals surface area contributed by atoms with Gasteiger partial charge in [-0.15, -0.1) is 0 Å². The molecular formula is C17H19NO4. The summed E-state index contributed by atoms with van der Waals surface area (Å²) in [6, 6.07) is 9.40. The molecule has 0 unspecified atom stereocenters. The van der Waals surface area contributed by atoms with Crippen LogP contribution in [0.3, 0.4) is 0 Å². The maximum absolute atomic E-state index is 12.3. The molecule has 1 amide bonds. The number of hydrogen-bond acceptors (Lipinski definition) is 4. The van der Waals surface area contributed by atoms with Gasteiger partial charge in [0.25, 0.3) is 0 Å². The van der Waals surface area contributed by atoms with Crippen molar-refractivity contribution in [3.63, 3.8) is 0 Å². The van der Waals surface area contributed by atoms with Crippen LogP contribution in [-0.4, -0.2) is 35.2 Å². The summed E-state index contributed by atoms with van der Waals surface area (Å²) in [5.74, 6) is -0.355. The van der Waals surface area contributed by atoms with Crippen molar-refractivity contribution in [3.8, 4) is 0 Å². The van der Waals surface area contributed by atoms with E-state index < -0.39 is 5.60 Å². The third-order valence-corrected chi connectivity index (χ3v) is 4.22. The summed E-state index contributed by atoms with van der Waals surface area (Å²) >= 11 is 0. The molecule has 0 aromatic heterocycles. The lowest BCUT2D eigenvalue weighted by molar-refractivity contribution is -0.148. The molecule has 0 bridgehead atoms. The molecule has 22 heavy (non-hydrogen) atoms. The van der Waals surface area contributed by atoms with Crippen LogP contribution in [0.25, 0.3) is 0 Å². The quantitative estimate of drug-likeness (QED) is 0.805. The number of ether oxygens (including phenoxy) is 2. The van der Waals surface area contributed by atoms with Gasteiger partial charge in [0, 0.05) is 12.6 Å². The van der Waals surface area contributed by atoms with Crippen LogP contribution >= 0.6 is 0 Å². The lowest BCUT2D eigenvalue weighted by Crippen LogP contribution is -2.49. The average molecular weight is 301 g/mol. The normalized spacial score (nSPS) is 27.0. The van der Waals surface area contributed by atoms with Crippen molar-refractivity contribution < 1.29 is 19.1 Å². The summed E-state index contributed by atoms with van der Waals surface area (Å²) in [7, 11) is 0. The molecule has 1 fully saturated rings. The second-order valence-electron chi connectivity index (χ2n) is 5.83. The zero-order chi connectivity index (χ0) is 15.6. The first-order valence-electron chi connectivity index (χ1n) is 7.48. The number of hydrogen-bond donors (Lipinski definition) is 0. The third kappa shape index (κ3) is 2.84. The van der Waals surface area contributed by atoms with Crippen LogP contribution in [0.2, 0.25) is 0 Å². The van der Waals surface area contributed by atoms with E-state index in [9.17, 15) is 9.59 Å². The van der Waals surface area contributed by atoms with Crippen LogP contribution in [0.1, 0.15) is 25.3 Å². The van der Waals surface area contributed by atoms with Gasteiger partial charge in [-0.25, -0.2) is 9.59 Å². The number of carbonyl (C=O) groups excluding carboxylic acids is 2. The Morgan fingerprint density at radius 1 is 1.41 bits per heavy atom. The lowest BCUT2D eigenvalue weighted by atomic mass is 9.95. The van der Waals surface area contributed by atoms with Crippen molar-refractivity contribution in [2.24, 2.45) is 0 Å². The number of nitrogens with zero attached hydrogens (tertiary/aromatic N) is 1. The Morgan fingerprint density at radius 3 is 2.86 bits per heavy atom. The number of likely N-dealkylation sites (tertiary alicyclic amines) is 1. The number of carbonyl (C=O) groups is 2. The van der Waals surface area contributed by atoms with Crippen LogP contribution in [0, 0.1) is 0 Å². The molecule has 0 saturated carbocycles. The van der Waals surface area contributed by atoms with Crippen molar-refractivity contribution >= 4 is 12.1 Å². The molecule has 0 N–H and O–H groups in total. The monoisotopic (exact) mass is 301 g/mol. The number of rotatable bonds is 3. The molecule has 2 atom stereocenters. The fourth-order valence-electron chi connectivity index (χ4n) is 3.08. The maximum atomic E-state index is 12.3. The van der Waals surface area contributed by atoms with Gasteiger partial charge in [0.15, 0.2) is 0 Å². The van der Waals surface area contributed by atoms with E-state index in [0.29, 0.717) is 6.54 Å². The number of benzene rings is 1. The lowest BCUT2D eigenvalue weighted by Gasteiger charge is -2.34. The Kier molecular flexibility index (Phi) is 3.88. The van der Waals surface area contributed by atoms with E-state index in [1.54, 1.807) is 11.0 Å². The molecule has 0 radical (unpaired) electrons. The van der Waals surface area contributed by atoms with Gasteiger partial charge in [-0.1, -0.05) is 30.3 Å². The molecule has 2 aliphatic rings. The van der Waals surface area contributed by atoms with Gasteiger partial charge in [-0.2, -0.15) is 0 Å². The van der Waals surface area contributed by atoms with Crippen molar-refractivity contribution in [3.05, 3.63) is 48.0 Å². The molecule has 3 rings (SSSR count). The van der Waals surface area contributed by atoms with E-state index >= 15 is 0 Å². The van der Waals surface area contributed by atoms with Gasteiger partial charge >= 0.3 is 12.1 Å². The Bertz CT molecular complexity index is 598. The molecule has 0 aliphatic carbocycles. The standard InChI is InChI=1S/C17H19NO4/c1-17(10-9-15(19)22-17)14-8-5-11-18(14)16(20)21-12-13-6-3-2-4-7-13/h2-4,6-7,9-10,14H,5,8,11-12H2,1H3/t14-,17-/m1/s1. The van der Waals surface area contributed by atoms with E-state index in [0.717, 1.165) is 18.4 Å². The molecule has 1 aromatic carbocycles. The third-order valence-electron chi connectivity index (χ3n) is 4.22. The summed E-state index contributed by atoms with van der Waals surface area (Å²) in [5, 5.41) is 0. The first-order valence-corrected chi connectivity index (χ1v) is 7.48. The van der Waals surface area contributed by atoms with Crippen LogP contribution in [0.4, 0.5) is 4.79 Å². The van der Waals surface area contributed by atoms with Gasteiger partial charge in [0.1, 0.15) is 12.2 Å². The molecule has 1 aromatic rings. The highest BCUT2D eigenvalue weighted by Crippen LogP contribution is 2.34. The van der Waals surface area contributed by atoms with Crippen molar-refractivity contribution in [1.29, 1.82) is 0 Å². The molecule has 1 saturated heterocycles. The average Bonchev–Trinajstić information content (AvgIpc) is 3.14. The predicted octanol–water partition coefficient (Wildman–Crippen LogP) is 2.66. The van der Waals surface area contributed by atoms with Crippen molar-refractivity contribution in [1.82, 2.24) is 4.90 Å². The first kappa shape index (κ1) is 14.6. The number of cyclic esters (lactones) is 1. The Labute approximate surface area is 129 Å². The summed E-state index contributed by atoms with van der Waals surface area (Å²) in [6.45, 7) is 2.70. The Morgan fingerprint density at radius 2 is 2.18 bits per heavy atom. The van der Waals surface area contributed by atoms with Gasteiger partial charge in [0.2, 0.25) is 0 Å². The highest BCUT2D eigenvalue weighted by Gasteiger charge is 2.46. The van der Waals surface area contributed by atoms with Crippen LogP contribution in [0.5, 0.6) is 0 Å². The molecule has 2 heterocycles. The smallest absolute Gasteiger partial charge is 0.410 e. The molecule has 5 heteroatoms. The minimum atomic E-state index is -0.751. The Hall–Kier alpha value is -2.30. The zero-order valence-corrected chi connectivity index (χ0v) is 12.5. The number of amides is 1. The zero-order valence-electron chi connectivity index (χ0n) is 12.5. The topological polar surface area (TPSA) is 55.8 Å². The summed E-state index contributed by atoms with van der Waals surface area (Å²) in [5.41, 5.74) is 0.198. The first-order chi connectivity index (χ1) is 10.6. The fraction of sp³-hybridized carbons (Fsp3) is 0.412. The van der Waals surface area contributed by atoms with Gasteiger partial charge in [-0.05, 0) is 31.4 Å². The molecule has 5 nitrogen and oxygen atoms in total.